The summed E-state index contributed by atoms with van der Waals surface area (Å²) < 4.78 is 8.61. The summed E-state index contributed by atoms with van der Waals surface area (Å²) in [5.74, 6) is 0. The van der Waals surface area contributed by atoms with Crippen LogP contribution < -0.4 is 0 Å². The molecule has 0 aliphatic heterocycles. The molecule has 0 saturated heterocycles. The Labute approximate surface area is 219 Å². The lowest BCUT2D eigenvalue weighted by molar-refractivity contribution is 0.670. The Morgan fingerprint density at radius 3 is 2.34 bits per heavy atom. The third-order valence-electron chi connectivity index (χ3n) is 7.73. The second-order valence-electron chi connectivity index (χ2n) is 10.3. The molecule has 0 aliphatic carbocycles. The molecule has 0 unspecified atom stereocenters. The second kappa shape index (κ2) is 7.80. The van der Waals surface area contributed by atoms with Crippen LogP contribution in [0.5, 0.6) is 0 Å². The average molecular weight is 489 g/mol. The Hall–Kier alpha value is -4.89. The summed E-state index contributed by atoms with van der Waals surface area (Å²) in [6.07, 6.45) is 3.92. The molecule has 0 saturated carbocycles. The molecular formula is C35H24N2O. The molecule has 180 valence electrons. The molecule has 3 nitrogen and oxygen atoms in total. The number of nitrogens with zero attached hydrogens (tertiary/aromatic N) is 2. The van der Waals surface area contributed by atoms with Gasteiger partial charge in [-0.05, 0) is 84.0 Å². The highest BCUT2D eigenvalue weighted by Crippen LogP contribution is 2.39. The van der Waals surface area contributed by atoms with Crippen LogP contribution in [0, 0.1) is 13.8 Å². The molecule has 3 heteroatoms. The van der Waals surface area contributed by atoms with Gasteiger partial charge < -0.3 is 4.42 Å². The minimum atomic E-state index is 0.931. The predicted octanol–water partition coefficient (Wildman–Crippen LogP) is 9.49. The number of aryl methyl sites for hydroxylation is 2. The van der Waals surface area contributed by atoms with E-state index < -0.39 is 0 Å². The molecule has 5 aromatic carbocycles. The van der Waals surface area contributed by atoms with Gasteiger partial charge in [0.25, 0.3) is 0 Å². The molecule has 0 spiro atoms. The molecule has 38 heavy (non-hydrogen) atoms. The molecule has 3 heterocycles. The van der Waals surface area contributed by atoms with E-state index in [0.717, 1.165) is 38.8 Å². The van der Waals surface area contributed by atoms with Crippen molar-refractivity contribution in [2.24, 2.45) is 0 Å². The van der Waals surface area contributed by atoms with Crippen molar-refractivity contribution in [2.45, 2.75) is 13.8 Å². The fourth-order valence-electron chi connectivity index (χ4n) is 5.97. The maximum absolute atomic E-state index is 6.42. The van der Waals surface area contributed by atoms with E-state index in [1.807, 2.05) is 12.4 Å². The van der Waals surface area contributed by atoms with Gasteiger partial charge in [0.05, 0.1) is 5.52 Å². The smallest absolute Gasteiger partial charge is 0.145 e. The van der Waals surface area contributed by atoms with Crippen molar-refractivity contribution in [1.29, 1.82) is 0 Å². The van der Waals surface area contributed by atoms with E-state index in [4.69, 9.17) is 4.42 Å². The van der Waals surface area contributed by atoms with Gasteiger partial charge in [0.2, 0.25) is 0 Å². The first-order valence-corrected chi connectivity index (χ1v) is 13.0. The summed E-state index contributed by atoms with van der Waals surface area (Å²) >= 11 is 0. The maximum atomic E-state index is 6.42. The van der Waals surface area contributed by atoms with Crippen LogP contribution in [0.2, 0.25) is 0 Å². The lowest BCUT2D eigenvalue weighted by Gasteiger charge is -2.12. The normalized spacial score (nSPS) is 11.9. The van der Waals surface area contributed by atoms with E-state index in [9.17, 15) is 0 Å². The van der Waals surface area contributed by atoms with Crippen LogP contribution in [-0.4, -0.2) is 9.38 Å². The molecule has 8 rings (SSSR count). The van der Waals surface area contributed by atoms with Crippen molar-refractivity contribution in [1.82, 2.24) is 9.38 Å². The van der Waals surface area contributed by atoms with Crippen LogP contribution in [-0.2, 0) is 0 Å². The zero-order valence-corrected chi connectivity index (χ0v) is 21.2. The van der Waals surface area contributed by atoms with Gasteiger partial charge in [-0.25, -0.2) is 4.98 Å². The molecule has 0 fully saturated rings. The molecule has 8 aromatic rings. The van der Waals surface area contributed by atoms with Gasteiger partial charge in [0.15, 0.2) is 0 Å². The van der Waals surface area contributed by atoms with Crippen molar-refractivity contribution in [3.63, 3.8) is 0 Å². The number of benzene rings is 5. The number of imidazole rings is 1. The van der Waals surface area contributed by atoms with Gasteiger partial charge >= 0.3 is 0 Å². The topological polar surface area (TPSA) is 30.4 Å². The first-order chi connectivity index (χ1) is 18.6. The van der Waals surface area contributed by atoms with Crippen molar-refractivity contribution in [2.75, 3.05) is 0 Å². The zero-order valence-electron chi connectivity index (χ0n) is 21.2. The minimum Gasteiger partial charge on any atom is -0.455 e. The third kappa shape index (κ3) is 3.05. The first kappa shape index (κ1) is 21.2. The fraction of sp³-hybridized carbons (Fsp3) is 0.0571. The third-order valence-corrected chi connectivity index (χ3v) is 7.73. The Balaban J connectivity index is 1.34. The molecule has 0 radical (unpaired) electrons. The molecule has 0 aliphatic rings. The van der Waals surface area contributed by atoms with Crippen molar-refractivity contribution in [3.8, 4) is 22.3 Å². The van der Waals surface area contributed by atoms with Gasteiger partial charge in [0.1, 0.15) is 16.8 Å². The van der Waals surface area contributed by atoms with Gasteiger partial charge in [-0.15, -0.1) is 0 Å². The van der Waals surface area contributed by atoms with E-state index in [1.54, 1.807) is 0 Å². The maximum Gasteiger partial charge on any atom is 0.145 e. The average Bonchev–Trinajstić information content (AvgIpc) is 3.58. The number of rotatable bonds is 2. The standard InChI is InChI=1S/C35H24N2O/c1-21-10-13-33-30(16-21)31-18-22(2)17-28(34(31)38-33)25-7-5-6-23(19-25)24-11-12-32-29(20-24)26-8-3-4-9-27(26)35-36-14-15-37(32)35/h3-20H,1-2H3. The Bertz CT molecular complexity index is 2210. The fourth-order valence-corrected chi connectivity index (χ4v) is 5.97. The molecule has 0 N–H and O–H groups in total. The summed E-state index contributed by atoms with van der Waals surface area (Å²) in [6, 6.07) is 35.0. The van der Waals surface area contributed by atoms with Gasteiger partial charge in [0, 0.05) is 39.5 Å². The highest BCUT2D eigenvalue weighted by molar-refractivity contribution is 6.13. The molecular weight excluding hydrogens is 464 g/mol. The monoisotopic (exact) mass is 488 g/mol. The largest absolute Gasteiger partial charge is 0.455 e. The van der Waals surface area contributed by atoms with Crippen LogP contribution in [0.3, 0.4) is 0 Å². The highest BCUT2D eigenvalue weighted by Gasteiger charge is 2.15. The van der Waals surface area contributed by atoms with Gasteiger partial charge in [-0.2, -0.15) is 0 Å². The summed E-state index contributed by atoms with van der Waals surface area (Å²) in [7, 11) is 0. The predicted molar refractivity (Wildman–Crippen MR) is 158 cm³/mol. The van der Waals surface area contributed by atoms with Crippen LogP contribution >= 0.6 is 0 Å². The molecule has 0 amide bonds. The highest BCUT2D eigenvalue weighted by atomic mass is 16.3. The number of fused-ring (bicyclic) bond motifs is 9. The SMILES string of the molecule is Cc1ccc2oc3c(-c4cccc(-c5ccc6c(c5)c5ccccc5c5nccn65)c4)cc(C)cc3c2c1. The lowest BCUT2D eigenvalue weighted by atomic mass is 9.95. The number of hydrogen-bond donors (Lipinski definition) is 0. The van der Waals surface area contributed by atoms with E-state index in [0.29, 0.717) is 0 Å². The summed E-state index contributed by atoms with van der Waals surface area (Å²) in [4.78, 5) is 4.63. The Morgan fingerprint density at radius 1 is 0.605 bits per heavy atom. The molecule has 0 atom stereocenters. The van der Waals surface area contributed by atoms with E-state index in [-0.39, 0.29) is 0 Å². The Kier molecular flexibility index (Phi) is 4.36. The summed E-state index contributed by atoms with van der Waals surface area (Å²) in [6.45, 7) is 4.29. The van der Waals surface area contributed by atoms with Crippen molar-refractivity contribution in [3.05, 3.63) is 121 Å². The van der Waals surface area contributed by atoms with E-state index in [2.05, 4.69) is 120 Å². The lowest BCUT2D eigenvalue weighted by Crippen LogP contribution is -1.91. The Morgan fingerprint density at radius 2 is 1.42 bits per heavy atom. The molecule has 3 aromatic heterocycles. The minimum absolute atomic E-state index is 0.931. The van der Waals surface area contributed by atoms with Crippen LogP contribution in [0.1, 0.15) is 11.1 Å². The van der Waals surface area contributed by atoms with Crippen LogP contribution in [0.15, 0.2) is 114 Å². The summed E-state index contributed by atoms with van der Waals surface area (Å²) in [5, 5.41) is 5.95. The van der Waals surface area contributed by atoms with Gasteiger partial charge in [-0.3, -0.25) is 4.40 Å². The quantitative estimate of drug-likeness (QED) is 0.227. The second-order valence-corrected chi connectivity index (χ2v) is 10.3. The van der Waals surface area contributed by atoms with Crippen molar-refractivity contribution < 1.29 is 4.42 Å². The van der Waals surface area contributed by atoms with E-state index >= 15 is 0 Å². The van der Waals surface area contributed by atoms with E-state index in [1.165, 1.54) is 43.8 Å². The van der Waals surface area contributed by atoms with Gasteiger partial charge in [-0.1, -0.05) is 60.2 Å². The van der Waals surface area contributed by atoms with Crippen LogP contribution in [0.25, 0.3) is 71.5 Å². The number of aromatic nitrogens is 2. The number of furan rings is 1. The zero-order chi connectivity index (χ0) is 25.4. The molecule has 0 bridgehead atoms. The summed E-state index contributed by atoms with van der Waals surface area (Å²) in [5.41, 5.74) is 11.1. The number of pyridine rings is 1. The first-order valence-electron chi connectivity index (χ1n) is 13.0. The van der Waals surface area contributed by atoms with Crippen molar-refractivity contribution >= 4 is 49.3 Å². The number of hydrogen-bond acceptors (Lipinski definition) is 2. The van der Waals surface area contributed by atoms with Crippen LogP contribution in [0.4, 0.5) is 0 Å².